The Morgan fingerprint density at radius 3 is 1.13 bits per heavy atom. The Balaban J connectivity index is 1.17. The first-order valence-corrected chi connectivity index (χ1v) is 25.3. The van der Waals surface area contributed by atoms with Crippen LogP contribution in [0.5, 0.6) is 11.5 Å². The molecule has 8 saturated carbocycles. The summed E-state index contributed by atoms with van der Waals surface area (Å²) in [5.41, 5.74) is 7.70. The van der Waals surface area contributed by atoms with Gasteiger partial charge in [0, 0.05) is 23.3 Å². The van der Waals surface area contributed by atoms with Gasteiger partial charge >= 0.3 is 11.4 Å². The third-order valence-corrected chi connectivity index (χ3v) is 19.2. The minimum Gasteiger partial charge on any atom is -0.502 e. The van der Waals surface area contributed by atoms with Gasteiger partial charge in [0.05, 0.1) is 15.3 Å². The van der Waals surface area contributed by atoms with Gasteiger partial charge in [-0.15, -0.1) is 0 Å². The molecule has 0 spiro atoms. The SMILES string of the molecule is CC12CC3CC(C)(C1)CC(c1ccc4c(c1)C(c1cc(-c5ccccc5)c(O)c([N+](=O)[O-])c1)(c1cc(-c5ccccc5)c(O)c([N+](=O)[O-])c1)c1cc(C56CC7CC(C)(CC(C)(C7)C5)C6)ccc1-4)(C3)C2. The van der Waals surface area contributed by atoms with Crippen molar-refractivity contribution >= 4 is 11.4 Å². The van der Waals surface area contributed by atoms with Crippen LogP contribution in [0.15, 0.2) is 121 Å². The van der Waals surface area contributed by atoms with Crippen LogP contribution < -0.4 is 0 Å². The van der Waals surface area contributed by atoms with Crippen LogP contribution in [-0.2, 0) is 16.2 Å². The number of benzene rings is 6. The molecular formula is C61H60N2O6. The van der Waals surface area contributed by atoms with E-state index in [-0.39, 0.29) is 32.5 Å². The van der Waals surface area contributed by atoms with Crippen molar-refractivity contribution in [3.05, 3.63) is 175 Å². The van der Waals surface area contributed by atoms with E-state index in [0.29, 0.717) is 45.2 Å². The molecule has 69 heavy (non-hydrogen) atoms. The number of phenolic OH excluding ortho intramolecular Hbond substituents is 2. The van der Waals surface area contributed by atoms with Gasteiger partial charge in [-0.3, -0.25) is 20.2 Å². The average molecular weight is 917 g/mol. The Hall–Kier alpha value is -6.28. The molecule has 9 aliphatic rings. The average Bonchev–Trinajstić information content (AvgIpc) is 3.57. The third-order valence-electron chi connectivity index (χ3n) is 19.2. The van der Waals surface area contributed by atoms with E-state index in [1.165, 1.54) is 61.8 Å². The Bertz CT molecular complexity index is 2960. The molecule has 0 saturated heterocycles. The van der Waals surface area contributed by atoms with Gasteiger partial charge in [0.1, 0.15) is 0 Å². The molecule has 8 fully saturated rings. The smallest absolute Gasteiger partial charge is 0.311 e. The van der Waals surface area contributed by atoms with Crippen molar-refractivity contribution in [2.24, 2.45) is 33.5 Å². The lowest BCUT2D eigenvalue weighted by atomic mass is 9.39. The largest absolute Gasteiger partial charge is 0.502 e. The number of rotatable bonds is 8. The normalized spacial score (nSPS) is 32.8. The predicted molar refractivity (Wildman–Crippen MR) is 269 cm³/mol. The van der Waals surface area contributed by atoms with E-state index < -0.39 is 38.1 Å². The minimum absolute atomic E-state index is 0.0833. The van der Waals surface area contributed by atoms with Crippen molar-refractivity contribution in [3.63, 3.8) is 0 Å². The summed E-state index contributed by atoms with van der Waals surface area (Å²) >= 11 is 0. The topological polar surface area (TPSA) is 127 Å². The number of fused-ring (bicyclic) bond motifs is 3. The van der Waals surface area contributed by atoms with Crippen LogP contribution in [-0.4, -0.2) is 20.1 Å². The number of phenols is 2. The van der Waals surface area contributed by atoms with Gasteiger partial charge in [-0.05, 0) is 189 Å². The molecule has 4 unspecified atom stereocenters. The summed E-state index contributed by atoms with van der Waals surface area (Å²) in [6.07, 6.45) is 14.0. The van der Waals surface area contributed by atoms with E-state index in [0.717, 1.165) is 60.8 Å². The second-order valence-electron chi connectivity index (χ2n) is 25.1. The fraction of sp³-hybridized carbons (Fsp3) is 0.410. The first-order valence-electron chi connectivity index (χ1n) is 25.3. The molecule has 9 aliphatic carbocycles. The number of hydrogen-bond acceptors (Lipinski definition) is 6. The summed E-state index contributed by atoms with van der Waals surface area (Å²) in [5, 5.41) is 50.8. The van der Waals surface area contributed by atoms with E-state index in [2.05, 4.69) is 64.1 Å². The first-order chi connectivity index (χ1) is 32.8. The molecule has 0 radical (unpaired) electrons. The lowest BCUT2D eigenvalue weighted by Gasteiger charge is -2.65. The van der Waals surface area contributed by atoms with Crippen molar-refractivity contribution in [2.75, 3.05) is 0 Å². The van der Waals surface area contributed by atoms with Crippen LogP contribution in [0.25, 0.3) is 33.4 Å². The van der Waals surface area contributed by atoms with Crippen LogP contribution in [0.2, 0.25) is 0 Å². The summed E-state index contributed by atoms with van der Waals surface area (Å²) in [5.74, 6) is 0.384. The molecule has 0 amide bonds. The van der Waals surface area contributed by atoms with Gasteiger partial charge < -0.3 is 10.2 Å². The quantitative estimate of drug-likeness (QED) is 0.115. The molecule has 0 heterocycles. The summed E-state index contributed by atoms with van der Waals surface area (Å²) in [6, 6.07) is 39.5. The van der Waals surface area contributed by atoms with Crippen molar-refractivity contribution in [3.8, 4) is 44.9 Å². The molecule has 0 aliphatic heterocycles. The maximum Gasteiger partial charge on any atom is 0.311 e. The summed E-state index contributed by atoms with van der Waals surface area (Å²) in [7, 11) is 0. The highest BCUT2D eigenvalue weighted by Crippen LogP contribution is 2.72. The van der Waals surface area contributed by atoms with Crippen LogP contribution in [0.3, 0.4) is 0 Å². The summed E-state index contributed by atoms with van der Waals surface area (Å²) in [4.78, 5) is 25.8. The van der Waals surface area contributed by atoms with Crippen molar-refractivity contribution in [2.45, 2.75) is 121 Å². The Labute approximate surface area is 404 Å². The maximum atomic E-state index is 13.4. The van der Waals surface area contributed by atoms with Crippen molar-refractivity contribution in [1.29, 1.82) is 0 Å². The molecule has 15 rings (SSSR count). The van der Waals surface area contributed by atoms with E-state index in [1.807, 2.05) is 72.8 Å². The monoisotopic (exact) mass is 916 g/mol. The van der Waals surface area contributed by atoms with Crippen LogP contribution in [0, 0.1) is 53.7 Å². The standard InChI is InChI=1S/C61H60N2O6/c1-55-25-37-26-56(2,31-55)34-59(29-37,33-55)41-15-17-45-46-18-16-42(60-30-38-27-57(3,35-60)32-58(4,28-38)36-60)22-50(46)61(49(45)21-41,43-19-47(39-11-7-5-8-12-39)53(64)51(23-43)62(66)67)44-20-48(40-13-9-6-10-14-40)54(65)52(24-44)63(68)69/h5-24,37-38,64-65H,25-36H2,1-4H3. The number of nitro benzene ring substituents is 2. The molecule has 8 nitrogen and oxygen atoms in total. The molecule has 6 aromatic rings. The number of nitrogens with zero attached hydrogens (tertiary/aromatic N) is 2. The Morgan fingerprint density at radius 1 is 0.435 bits per heavy atom. The first kappa shape index (κ1) is 42.8. The van der Waals surface area contributed by atoms with Gasteiger partial charge in [-0.1, -0.05) is 125 Å². The zero-order valence-corrected chi connectivity index (χ0v) is 40.1. The molecule has 8 heteroatoms. The highest BCUT2D eigenvalue weighted by molar-refractivity contribution is 5.90. The zero-order valence-electron chi connectivity index (χ0n) is 40.1. The second-order valence-corrected chi connectivity index (χ2v) is 25.1. The van der Waals surface area contributed by atoms with Gasteiger partial charge in [-0.25, -0.2) is 0 Å². The fourth-order valence-electron chi connectivity index (χ4n) is 18.9. The molecule has 6 aromatic carbocycles. The van der Waals surface area contributed by atoms with Gasteiger partial charge in [0.2, 0.25) is 11.5 Å². The lowest BCUT2D eigenvalue weighted by Crippen LogP contribution is -2.56. The Morgan fingerprint density at radius 2 is 0.797 bits per heavy atom. The molecule has 4 atom stereocenters. The highest BCUT2D eigenvalue weighted by Gasteiger charge is 2.63. The minimum atomic E-state index is -1.38. The van der Waals surface area contributed by atoms with E-state index >= 15 is 0 Å². The number of hydrogen-bond donors (Lipinski definition) is 2. The van der Waals surface area contributed by atoms with Crippen LogP contribution in [0.1, 0.15) is 138 Å². The third kappa shape index (κ3) is 6.12. The number of aromatic hydroxyl groups is 2. The highest BCUT2D eigenvalue weighted by atomic mass is 16.6. The lowest BCUT2D eigenvalue weighted by molar-refractivity contribution is -0.385. The number of nitro groups is 2. The van der Waals surface area contributed by atoms with Gasteiger partial charge in [0.15, 0.2) is 0 Å². The van der Waals surface area contributed by atoms with E-state index in [4.69, 9.17) is 0 Å². The zero-order chi connectivity index (χ0) is 47.7. The molecule has 8 bridgehead atoms. The molecule has 0 aromatic heterocycles. The maximum absolute atomic E-state index is 13.4. The second kappa shape index (κ2) is 13.9. The fourth-order valence-corrected chi connectivity index (χ4v) is 18.9. The van der Waals surface area contributed by atoms with E-state index in [1.54, 1.807) is 0 Å². The summed E-state index contributed by atoms with van der Waals surface area (Å²) in [6.45, 7) is 9.97. The van der Waals surface area contributed by atoms with Crippen molar-refractivity contribution in [1.82, 2.24) is 0 Å². The van der Waals surface area contributed by atoms with Crippen molar-refractivity contribution < 1.29 is 20.1 Å². The van der Waals surface area contributed by atoms with Crippen LogP contribution in [0.4, 0.5) is 11.4 Å². The molecule has 2 N–H and O–H groups in total. The Kier molecular flexibility index (Phi) is 8.65. The summed E-state index contributed by atoms with van der Waals surface area (Å²) < 4.78 is 0. The predicted octanol–water partition coefficient (Wildman–Crippen LogP) is 15.1. The van der Waals surface area contributed by atoms with Gasteiger partial charge in [-0.2, -0.15) is 0 Å². The van der Waals surface area contributed by atoms with Gasteiger partial charge in [0.25, 0.3) is 0 Å². The van der Waals surface area contributed by atoms with Crippen LogP contribution >= 0.6 is 0 Å². The molecular weight excluding hydrogens is 857 g/mol. The molecule has 350 valence electrons. The van der Waals surface area contributed by atoms with E-state index in [9.17, 15) is 30.4 Å².